The molecule has 0 aliphatic heterocycles. The quantitative estimate of drug-likeness (QED) is 0.636. The highest BCUT2D eigenvalue weighted by Crippen LogP contribution is 2.28. The van der Waals surface area contributed by atoms with E-state index < -0.39 is 0 Å². The van der Waals surface area contributed by atoms with Crippen molar-refractivity contribution >= 4 is 47.6 Å². The topological polar surface area (TPSA) is 76.8 Å². The highest BCUT2D eigenvalue weighted by molar-refractivity contribution is 5.85. The van der Waals surface area contributed by atoms with Crippen LogP contribution in [-0.4, -0.2) is 0 Å². The molecule has 0 bridgehead atoms. The minimum atomic E-state index is 0. The van der Waals surface area contributed by atoms with E-state index in [0.29, 0.717) is 17.1 Å². The van der Waals surface area contributed by atoms with E-state index in [9.17, 15) is 0 Å². The van der Waals surface area contributed by atoms with Crippen molar-refractivity contribution < 1.29 is 0 Å². The normalized spacial score (nSPS) is 9.74. The first-order chi connectivity index (χ1) is 8.16. The van der Waals surface area contributed by atoms with Gasteiger partial charge in [-0.1, -0.05) is 18.2 Å². The van der Waals surface area contributed by atoms with Gasteiger partial charge in [-0.2, -0.15) is 5.11 Å². The molecule has 0 fully saturated rings. The van der Waals surface area contributed by atoms with Crippen LogP contribution in [-0.2, 0) is 0 Å². The van der Waals surface area contributed by atoms with Crippen LogP contribution in [0.3, 0.4) is 0 Å². The molecule has 0 aliphatic carbocycles. The Bertz CT molecular complexity index is 556. The average molecular weight is 299 g/mol. The Balaban J connectivity index is 0.00000162. The van der Waals surface area contributed by atoms with Gasteiger partial charge in [0.1, 0.15) is 5.69 Å². The fraction of sp³-hybridized carbons (Fsp3) is 0.0769. The van der Waals surface area contributed by atoms with Crippen LogP contribution in [0, 0.1) is 6.92 Å². The standard InChI is InChI=1S/C13H14N4.2ClH/c1-9-7-13(12(15)8-11(9)14)17-16-10-5-3-2-4-6-10;;/h2-8H,14-15H2,1H3;2*1H. The van der Waals surface area contributed by atoms with Gasteiger partial charge in [0.2, 0.25) is 0 Å². The van der Waals surface area contributed by atoms with Crippen LogP contribution in [0.4, 0.5) is 22.7 Å². The molecule has 0 spiro atoms. The number of halogens is 2. The number of azo groups is 1. The van der Waals surface area contributed by atoms with Crippen molar-refractivity contribution in [2.75, 3.05) is 11.5 Å². The molecule has 0 radical (unpaired) electrons. The highest BCUT2D eigenvalue weighted by Gasteiger charge is 2.01. The van der Waals surface area contributed by atoms with Gasteiger partial charge in [-0.3, -0.25) is 0 Å². The average Bonchev–Trinajstić information content (AvgIpc) is 2.33. The van der Waals surface area contributed by atoms with Gasteiger partial charge in [-0.15, -0.1) is 29.9 Å². The second-order valence-corrected chi connectivity index (χ2v) is 3.80. The lowest BCUT2D eigenvalue weighted by Crippen LogP contribution is -1.93. The van der Waals surface area contributed by atoms with Gasteiger partial charge in [0, 0.05) is 5.69 Å². The molecule has 0 heterocycles. The summed E-state index contributed by atoms with van der Waals surface area (Å²) in [7, 11) is 0. The van der Waals surface area contributed by atoms with Crippen molar-refractivity contribution in [2.24, 2.45) is 10.2 Å². The van der Waals surface area contributed by atoms with E-state index in [-0.39, 0.29) is 24.8 Å². The molecule has 2 aromatic rings. The number of benzene rings is 2. The molecule has 19 heavy (non-hydrogen) atoms. The fourth-order valence-electron chi connectivity index (χ4n) is 1.42. The molecule has 2 aromatic carbocycles. The largest absolute Gasteiger partial charge is 0.398 e. The second-order valence-electron chi connectivity index (χ2n) is 3.80. The lowest BCUT2D eigenvalue weighted by Gasteiger charge is -2.04. The molecule has 4 nitrogen and oxygen atoms in total. The van der Waals surface area contributed by atoms with E-state index in [0.717, 1.165) is 11.3 Å². The number of hydrogen-bond acceptors (Lipinski definition) is 4. The molecule has 0 aromatic heterocycles. The molecule has 0 amide bonds. The summed E-state index contributed by atoms with van der Waals surface area (Å²) in [6.45, 7) is 1.91. The van der Waals surface area contributed by atoms with E-state index in [1.165, 1.54) is 0 Å². The zero-order chi connectivity index (χ0) is 12.3. The summed E-state index contributed by atoms with van der Waals surface area (Å²) < 4.78 is 0. The second kappa shape index (κ2) is 7.61. The molecule has 0 aliphatic rings. The Morgan fingerprint density at radius 3 is 2.11 bits per heavy atom. The Hall–Kier alpha value is -1.78. The number of anilines is 2. The van der Waals surface area contributed by atoms with E-state index in [1.54, 1.807) is 6.07 Å². The van der Waals surface area contributed by atoms with Crippen molar-refractivity contribution in [2.45, 2.75) is 6.92 Å². The van der Waals surface area contributed by atoms with Crippen molar-refractivity contribution in [1.82, 2.24) is 0 Å². The number of hydrogen-bond donors (Lipinski definition) is 2. The van der Waals surface area contributed by atoms with E-state index in [1.807, 2.05) is 43.3 Å². The molecule has 4 N–H and O–H groups in total. The summed E-state index contributed by atoms with van der Waals surface area (Å²) in [6.07, 6.45) is 0. The zero-order valence-corrected chi connectivity index (χ0v) is 12.0. The van der Waals surface area contributed by atoms with Gasteiger partial charge in [0.25, 0.3) is 0 Å². The van der Waals surface area contributed by atoms with Crippen LogP contribution in [0.5, 0.6) is 0 Å². The summed E-state index contributed by atoms with van der Waals surface area (Å²) in [5.74, 6) is 0. The first-order valence-electron chi connectivity index (χ1n) is 5.29. The molecule has 0 saturated heterocycles. The van der Waals surface area contributed by atoms with E-state index >= 15 is 0 Å². The first-order valence-corrected chi connectivity index (χ1v) is 5.29. The minimum absolute atomic E-state index is 0. The third-order valence-corrected chi connectivity index (χ3v) is 2.44. The van der Waals surface area contributed by atoms with Gasteiger partial charge < -0.3 is 11.5 Å². The third-order valence-electron chi connectivity index (χ3n) is 2.44. The summed E-state index contributed by atoms with van der Waals surface area (Å²) >= 11 is 0. The number of aryl methyl sites for hydroxylation is 1. The van der Waals surface area contributed by atoms with Crippen LogP contribution >= 0.6 is 24.8 Å². The zero-order valence-electron chi connectivity index (χ0n) is 10.4. The van der Waals surface area contributed by atoms with E-state index in [4.69, 9.17) is 11.5 Å². The molecule has 102 valence electrons. The maximum absolute atomic E-state index is 5.82. The maximum atomic E-state index is 5.82. The van der Waals surface area contributed by atoms with Crippen LogP contribution < -0.4 is 11.5 Å². The van der Waals surface area contributed by atoms with Gasteiger partial charge in [0.15, 0.2) is 0 Å². The lowest BCUT2D eigenvalue weighted by molar-refractivity contribution is 1.23. The molecule has 6 heteroatoms. The minimum Gasteiger partial charge on any atom is -0.398 e. The Labute approximate surface area is 124 Å². The van der Waals surface area contributed by atoms with Gasteiger partial charge in [0.05, 0.1) is 11.4 Å². The van der Waals surface area contributed by atoms with E-state index in [2.05, 4.69) is 10.2 Å². The number of nitrogen functional groups attached to an aromatic ring is 2. The highest BCUT2D eigenvalue weighted by atomic mass is 35.5. The van der Waals surface area contributed by atoms with Crippen molar-refractivity contribution in [3.63, 3.8) is 0 Å². The number of rotatable bonds is 2. The summed E-state index contributed by atoms with van der Waals surface area (Å²) in [5, 5.41) is 8.23. The third kappa shape index (κ3) is 4.43. The van der Waals surface area contributed by atoms with Gasteiger partial charge in [-0.05, 0) is 36.8 Å². The van der Waals surface area contributed by atoms with Gasteiger partial charge >= 0.3 is 0 Å². The molecule has 0 atom stereocenters. The SMILES string of the molecule is Cc1cc(N=Nc2ccccc2)c(N)cc1N.Cl.Cl. The van der Waals surface area contributed by atoms with Crippen LogP contribution in [0.1, 0.15) is 5.56 Å². The molecule has 2 rings (SSSR count). The lowest BCUT2D eigenvalue weighted by atomic mass is 10.1. The molecular formula is C13H16Cl2N4. The molecular weight excluding hydrogens is 283 g/mol. The van der Waals surface area contributed by atoms with Crippen LogP contribution in [0.2, 0.25) is 0 Å². The van der Waals surface area contributed by atoms with Crippen molar-refractivity contribution in [3.8, 4) is 0 Å². The predicted molar refractivity (Wildman–Crippen MR) is 85.1 cm³/mol. The smallest absolute Gasteiger partial charge is 0.109 e. The predicted octanol–water partition coefficient (Wildman–Crippen LogP) is 4.42. The monoisotopic (exact) mass is 298 g/mol. The summed E-state index contributed by atoms with van der Waals surface area (Å²) in [4.78, 5) is 0. The number of nitrogens with two attached hydrogens (primary N) is 2. The summed E-state index contributed by atoms with van der Waals surface area (Å²) in [5.41, 5.74) is 15.1. The Kier molecular flexibility index (Phi) is 6.90. The fourth-order valence-corrected chi connectivity index (χ4v) is 1.42. The van der Waals surface area contributed by atoms with Crippen molar-refractivity contribution in [1.29, 1.82) is 0 Å². The maximum Gasteiger partial charge on any atom is 0.109 e. The summed E-state index contributed by atoms with van der Waals surface area (Å²) in [6, 6.07) is 13.0. The van der Waals surface area contributed by atoms with Crippen LogP contribution in [0.15, 0.2) is 52.7 Å². The van der Waals surface area contributed by atoms with Crippen LogP contribution in [0.25, 0.3) is 0 Å². The van der Waals surface area contributed by atoms with Crippen molar-refractivity contribution in [3.05, 3.63) is 48.0 Å². The number of nitrogens with zero attached hydrogens (tertiary/aromatic N) is 2. The van der Waals surface area contributed by atoms with Gasteiger partial charge in [-0.25, -0.2) is 0 Å². The Morgan fingerprint density at radius 2 is 1.47 bits per heavy atom. The Morgan fingerprint density at radius 1 is 0.842 bits per heavy atom. The molecule has 0 saturated carbocycles. The molecule has 0 unspecified atom stereocenters. The first kappa shape index (κ1) is 17.2.